The molecule has 0 radical (unpaired) electrons. The van der Waals surface area contributed by atoms with Crippen molar-refractivity contribution in [2.24, 2.45) is 5.92 Å². The zero-order valence-electron chi connectivity index (χ0n) is 36.3. The summed E-state index contributed by atoms with van der Waals surface area (Å²) in [5, 5.41) is 5.14. The number of allylic oxidation sites excluding steroid dienone is 3. The fourth-order valence-electron chi connectivity index (χ4n) is 10.8. The fourth-order valence-corrected chi connectivity index (χ4v) is 10.8. The van der Waals surface area contributed by atoms with E-state index in [1.54, 1.807) is 0 Å². The van der Waals surface area contributed by atoms with Crippen LogP contribution >= 0.6 is 0 Å². The monoisotopic (exact) mass is 788 g/mol. The largest absolute Gasteiger partial charge is 0.310 e. The second kappa shape index (κ2) is 13.7. The number of fused-ring (bicyclic) bond motifs is 10. The summed E-state index contributed by atoms with van der Waals surface area (Å²) in [7, 11) is 0. The Kier molecular flexibility index (Phi) is 8.39. The molecule has 0 saturated carbocycles. The van der Waals surface area contributed by atoms with Crippen molar-refractivity contribution in [3.8, 4) is 22.3 Å². The highest BCUT2D eigenvalue weighted by Crippen LogP contribution is 2.60. The molecule has 61 heavy (non-hydrogen) atoms. The number of aryl methyl sites for hydroxylation is 2. The van der Waals surface area contributed by atoms with Crippen molar-refractivity contribution in [2.45, 2.75) is 65.7 Å². The molecule has 11 rings (SSSR count). The Balaban J connectivity index is 1.13. The second-order valence-corrected chi connectivity index (χ2v) is 18.8. The predicted molar refractivity (Wildman–Crippen MR) is 260 cm³/mol. The summed E-state index contributed by atoms with van der Waals surface area (Å²) in [6.07, 6.45) is 8.15. The molecule has 0 bridgehead atoms. The maximum absolute atomic E-state index is 2.58. The van der Waals surface area contributed by atoms with Crippen LogP contribution in [0.1, 0.15) is 74.4 Å². The molecular weight excluding hydrogens is 737 g/mol. The van der Waals surface area contributed by atoms with Gasteiger partial charge in [0, 0.05) is 44.4 Å². The average molecular weight is 789 g/mol. The van der Waals surface area contributed by atoms with Crippen molar-refractivity contribution < 1.29 is 0 Å². The summed E-state index contributed by atoms with van der Waals surface area (Å²) in [4.78, 5) is 4.97. The van der Waals surface area contributed by atoms with Gasteiger partial charge in [0.15, 0.2) is 0 Å². The first-order valence-corrected chi connectivity index (χ1v) is 22.0. The van der Waals surface area contributed by atoms with Gasteiger partial charge >= 0.3 is 0 Å². The lowest BCUT2D eigenvalue weighted by molar-refractivity contribution is 0.652. The molecule has 298 valence electrons. The van der Waals surface area contributed by atoms with Crippen LogP contribution in [0.25, 0.3) is 43.8 Å². The maximum atomic E-state index is 2.58. The lowest BCUT2D eigenvalue weighted by Gasteiger charge is -2.32. The number of hydrogen-bond acceptors (Lipinski definition) is 2. The lowest BCUT2D eigenvalue weighted by Crippen LogP contribution is -2.20. The summed E-state index contributed by atoms with van der Waals surface area (Å²) >= 11 is 0. The van der Waals surface area contributed by atoms with E-state index < -0.39 is 0 Å². The van der Waals surface area contributed by atoms with Crippen LogP contribution in [0.15, 0.2) is 176 Å². The van der Waals surface area contributed by atoms with Gasteiger partial charge in [-0.15, -0.1) is 0 Å². The van der Waals surface area contributed by atoms with E-state index in [2.05, 4.69) is 228 Å². The van der Waals surface area contributed by atoms with Gasteiger partial charge in [-0.2, -0.15) is 0 Å². The fraction of sp³-hybridized carbons (Fsp3) is 0.186. The zero-order valence-corrected chi connectivity index (χ0v) is 36.3. The molecule has 1 atom stereocenters. The molecule has 0 fully saturated rings. The van der Waals surface area contributed by atoms with Crippen LogP contribution in [0.4, 0.5) is 28.4 Å². The molecular formula is C59H52N2. The van der Waals surface area contributed by atoms with Crippen LogP contribution in [0.5, 0.6) is 0 Å². The van der Waals surface area contributed by atoms with Gasteiger partial charge in [-0.05, 0) is 159 Å². The standard InChI is InChI=1S/C59H52N2/c1-37-27-29-41(30-28-37)61(43-22-16-18-39(3)32-43)55-36-53-57(47-26-14-12-24-45(47)55)49-34-50-48(33-51(49)59(53,6)7)56-46-25-13-11-23-44(46)54(35-52(56)58(50,4)5)60(40-19-9-8-10-20-40)42-21-15-17-38(2)31-42/h8-27,29-37H,28H2,1-7H3. The Bertz CT molecular complexity index is 3160. The SMILES string of the molecule is Cc1cccc(N(C2=CCC(C)C=C2)c2cc3c(c4ccccc24)-c2cc4c(cc2C3(C)C)-c2c(cc(N(c3ccccc3)c3cccc(C)c3)c3ccccc23)C4(C)C)c1. The van der Waals surface area contributed by atoms with Gasteiger partial charge in [0.05, 0.1) is 11.4 Å². The number of benzene rings is 8. The van der Waals surface area contributed by atoms with Gasteiger partial charge in [-0.1, -0.05) is 138 Å². The van der Waals surface area contributed by atoms with E-state index in [-0.39, 0.29) is 10.8 Å². The van der Waals surface area contributed by atoms with Crippen LogP contribution < -0.4 is 9.80 Å². The molecule has 0 amide bonds. The molecule has 3 aliphatic carbocycles. The summed E-state index contributed by atoms with van der Waals surface area (Å²) in [5.41, 5.74) is 20.3. The number of rotatable bonds is 6. The molecule has 1 unspecified atom stereocenters. The highest BCUT2D eigenvalue weighted by Gasteiger charge is 2.44. The van der Waals surface area contributed by atoms with E-state index >= 15 is 0 Å². The van der Waals surface area contributed by atoms with E-state index in [1.165, 1.54) is 106 Å². The van der Waals surface area contributed by atoms with E-state index in [0.29, 0.717) is 5.92 Å². The molecule has 2 nitrogen and oxygen atoms in total. The van der Waals surface area contributed by atoms with Crippen LogP contribution in [0.2, 0.25) is 0 Å². The van der Waals surface area contributed by atoms with Crippen LogP contribution in [-0.2, 0) is 10.8 Å². The van der Waals surface area contributed by atoms with Gasteiger partial charge in [0.1, 0.15) is 0 Å². The Morgan fingerprint density at radius 2 is 0.918 bits per heavy atom. The molecule has 8 aromatic carbocycles. The molecule has 0 aliphatic heterocycles. The third-order valence-corrected chi connectivity index (χ3v) is 14.0. The summed E-state index contributed by atoms with van der Waals surface area (Å²) in [6.45, 7) is 16.5. The molecule has 2 heteroatoms. The normalized spacial score (nSPS) is 16.5. The second-order valence-electron chi connectivity index (χ2n) is 18.8. The van der Waals surface area contributed by atoms with Crippen LogP contribution in [-0.4, -0.2) is 0 Å². The van der Waals surface area contributed by atoms with Crippen molar-refractivity contribution in [2.75, 3.05) is 9.80 Å². The first-order valence-electron chi connectivity index (χ1n) is 22.0. The molecule has 0 N–H and O–H groups in total. The summed E-state index contributed by atoms with van der Waals surface area (Å²) < 4.78 is 0. The maximum Gasteiger partial charge on any atom is 0.0543 e. The van der Waals surface area contributed by atoms with E-state index in [4.69, 9.17) is 0 Å². The highest BCUT2D eigenvalue weighted by atomic mass is 15.2. The topological polar surface area (TPSA) is 6.48 Å². The number of anilines is 5. The van der Waals surface area contributed by atoms with Crippen molar-refractivity contribution in [3.63, 3.8) is 0 Å². The molecule has 3 aliphatic rings. The Labute approximate surface area is 361 Å². The molecule has 0 spiro atoms. The summed E-state index contributed by atoms with van der Waals surface area (Å²) in [6, 6.07) is 57.2. The third-order valence-electron chi connectivity index (χ3n) is 14.0. The molecule has 0 aromatic heterocycles. The minimum absolute atomic E-state index is 0.236. The van der Waals surface area contributed by atoms with Gasteiger partial charge in [0.2, 0.25) is 0 Å². The number of para-hydroxylation sites is 1. The summed E-state index contributed by atoms with van der Waals surface area (Å²) in [5.74, 6) is 0.532. The minimum atomic E-state index is -0.241. The predicted octanol–water partition coefficient (Wildman–Crippen LogP) is 16.3. The van der Waals surface area contributed by atoms with Gasteiger partial charge < -0.3 is 9.80 Å². The minimum Gasteiger partial charge on any atom is -0.310 e. The average Bonchev–Trinajstić information content (AvgIpc) is 3.63. The van der Waals surface area contributed by atoms with Crippen molar-refractivity contribution in [1.29, 1.82) is 0 Å². The van der Waals surface area contributed by atoms with Crippen molar-refractivity contribution in [3.05, 3.63) is 209 Å². The van der Waals surface area contributed by atoms with Gasteiger partial charge in [-0.25, -0.2) is 0 Å². The molecule has 0 heterocycles. The Hall–Kier alpha value is -6.64. The van der Waals surface area contributed by atoms with E-state index in [0.717, 1.165) is 12.1 Å². The molecule has 0 saturated heterocycles. The third kappa shape index (κ3) is 5.68. The quantitative estimate of drug-likeness (QED) is 0.166. The van der Waals surface area contributed by atoms with Crippen molar-refractivity contribution >= 4 is 50.0 Å². The highest BCUT2D eigenvalue weighted by molar-refractivity contribution is 6.13. The lowest BCUT2D eigenvalue weighted by atomic mass is 9.79. The zero-order chi connectivity index (χ0) is 41.8. The number of nitrogens with zero attached hydrogens (tertiary/aromatic N) is 2. The van der Waals surface area contributed by atoms with Crippen LogP contribution in [0.3, 0.4) is 0 Å². The van der Waals surface area contributed by atoms with E-state index in [1.807, 2.05) is 0 Å². The Morgan fingerprint density at radius 1 is 0.459 bits per heavy atom. The molecule has 8 aromatic rings. The van der Waals surface area contributed by atoms with Gasteiger partial charge in [-0.3, -0.25) is 0 Å². The first-order chi connectivity index (χ1) is 29.5. The van der Waals surface area contributed by atoms with Crippen molar-refractivity contribution in [1.82, 2.24) is 0 Å². The van der Waals surface area contributed by atoms with Gasteiger partial charge in [0.25, 0.3) is 0 Å². The number of hydrogen-bond donors (Lipinski definition) is 0. The first kappa shape index (κ1) is 37.4. The Morgan fingerprint density at radius 3 is 1.41 bits per heavy atom. The smallest absolute Gasteiger partial charge is 0.0543 e. The van der Waals surface area contributed by atoms with E-state index in [9.17, 15) is 0 Å². The van der Waals surface area contributed by atoms with Crippen LogP contribution in [0, 0.1) is 19.8 Å².